The van der Waals surface area contributed by atoms with E-state index >= 15 is 0 Å². The molecule has 1 unspecified atom stereocenters. The lowest BCUT2D eigenvalue weighted by atomic mass is 10.0. The van der Waals surface area contributed by atoms with Crippen LogP contribution in [0, 0.1) is 0 Å². The molecule has 0 radical (unpaired) electrons. The summed E-state index contributed by atoms with van der Waals surface area (Å²) in [6.07, 6.45) is 4.63. The van der Waals surface area contributed by atoms with E-state index in [0.717, 1.165) is 30.8 Å². The first-order chi connectivity index (χ1) is 8.81. The molecule has 0 amide bonds. The van der Waals surface area contributed by atoms with E-state index in [9.17, 15) is 0 Å². The average Bonchev–Trinajstić information content (AvgIpc) is 2.92. The van der Waals surface area contributed by atoms with Gasteiger partial charge < -0.3 is 15.2 Å². The van der Waals surface area contributed by atoms with E-state index < -0.39 is 0 Å². The van der Waals surface area contributed by atoms with Crippen molar-refractivity contribution in [2.75, 3.05) is 13.2 Å². The first-order valence-electron chi connectivity index (χ1n) is 6.90. The molecule has 2 atom stereocenters. The zero-order chi connectivity index (χ0) is 12.8. The largest absolute Gasteiger partial charge is 0.493 e. The van der Waals surface area contributed by atoms with Crippen LogP contribution in [0.25, 0.3) is 0 Å². The first kappa shape index (κ1) is 13.4. The van der Waals surface area contributed by atoms with Crippen molar-refractivity contribution in [3.05, 3.63) is 29.8 Å². The second-order valence-electron chi connectivity index (χ2n) is 4.82. The van der Waals surface area contributed by atoms with E-state index in [1.54, 1.807) is 0 Å². The van der Waals surface area contributed by atoms with E-state index in [-0.39, 0.29) is 6.04 Å². The molecule has 1 aliphatic rings. The standard InChI is InChI=1S/C15H23NO2/c1-2-14(16)13-7-3-4-8-15(13)18-11-9-12-6-5-10-17-12/h3-4,7-8,12,14H,2,5-6,9-11,16H2,1H3/t12?,14-/m0/s1. The maximum Gasteiger partial charge on any atom is 0.124 e. The molecule has 1 heterocycles. The molecule has 1 fully saturated rings. The van der Waals surface area contributed by atoms with Gasteiger partial charge in [-0.3, -0.25) is 0 Å². The lowest BCUT2D eigenvalue weighted by molar-refractivity contribution is 0.0901. The predicted molar refractivity (Wildman–Crippen MR) is 72.7 cm³/mol. The topological polar surface area (TPSA) is 44.5 Å². The fraction of sp³-hybridized carbons (Fsp3) is 0.600. The summed E-state index contributed by atoms with van der Waals surface area (Å²) in [5.41, 5.74) is 7.19. The fourth-order valence-corrected chi connectivity index (χ4v) is 2.31. The Morgan fingerprint density at radius 1 is 1.44 bits per heavy atom. The molecule has 0 aromatic heterocycles. The molecule has 1 aromatic carbocycles. The van der Waals surface area contributed by atoms with Crippen LogP contribution in [-0.4, -0.2) is 19.3 Å². The number of hydrogen-bond donors (Lipinski definition) is 1. The Balaban J connectivity index is 1.87. The summed E-state index contributed by atoms with van der Waals surface area (Å²) in [5.74, 6) is 0.921. The molecule has 1 aliphatic heterocycles. The minimum Gasteiger partial charge on any atom is -0.493 e. The molecule has 18 heavy (non-hydrogen) atoms. The van der Waals surface area contributed by atoms with Gasteiger partial charge in [0.25, 0.3) is 0 Å². The maximum absolute atomic E-state index is 6.08. The molecule has 2 N–H and O–H groups in total. The van der Waals surface area contributed by atoms with Gasteiger partial charge >= 0.3 is 0 Å². The monoisotopic (exact) mass is 249 g/mol. The van der Waals surface area contributed by atoms with Crippen LogP contribution >= 0.6 is 0 Å². The maximum atomic E-state index is 6.08. The van der Waals surface area contributed by atoms with Crippen molar-refractivity contribution in [3.63, 3.8) is 0 Å². The number of nitrogens with two attached hydrogens (primary N) is 1. The predicted octanol–water partition coefficient (Wildman–Crippen LogP) is 3.04. The van der Waals surface area contributed by atoms with Crippen LogP contribution in [0.5, 0.6) is 5.75 Å². The second-order valence-corrected chi connectivity index (χ2v) is 4.82. The van der Waals surface area contributed by atoms with Crippen molar-refractivity contribution >= 4 is 0 Å². The summed E-state index contributed by atoms with van der Waals surface area (Å²) < 4.78 is 11.4. The molecule has 1 aromatic rings. The van der Waals surface area contributed by atoms with E-state index in [1.807, 2.05) is 18.2 Å². The zero-order valence-corrected chi connectivity index (χ0v) is 11.1. The summed E-state index contributed by atoms with van der Waals surface area (Å²) in [4.78, 5) is 0. The normalized spacial score (nSPS) is 20.9. The molecule has 1 saturated heterocycles. The fourth-order valence-electron chi connectivity index (χ4n) is 2.31. The Kier molecular flexibility index (Phi) is 5.02. The van der Waals surface area contributed by atoms with E-state index in [1.165, 1.54) is 12.8 Å². The lowest BCUT2D eigenvalue weighted by Gasteiger charge is -2.16. The quantitative estimate of drug-likeness (QED) is 0.842. The van der Waals surface area contributed by atoms with Crippen molar-refractivity contribution < 1.29 is 9.47 Å². The Labute approximate surface area is 109 Å². The second kappa shape index (κ2) is 6.76. The minimum absolute atomic E-state index is 0.0592. The van der Waals surface area contributed by atoms with Gasteiger partial charge in [0, 0.05) is 24.6 Å². The third-order valence-electron chi connectivity index (χ3n) is 3.48. The van der Waals surface area contributed by atoms with Gasteiger partial charge in [0.2, 0.25) is 0 Å². The Bertz CT molecular complexity index is 361. The van der Waals surface area contributed by atoms with E-state index in [2.05, 4.69) is 13.0 Å². The van der Waals surface area contributed by atoms with Crippen LogP contribution in [0.4, 0.5) is 0 Å². The van der Waals surface area contributed by atoms with Gasteiger partial charge in [0.1, 0.15) is 5.75 Å². The summed E-state index contributed by atoms with van der Waals surface area (Å²) in [5, 5.41) is 0. The van der Waals surface area contributed by atoms with Crippen molar-refractivity contribution in [2.24, 2.45) is 5.73 Å². The van der Waals surface area contributed by atoms with Crippen molar-refractivity contribution in [2.45, 2.75) is 44.8 Å². The summed E-state index contributed by atoms with van der Waals surface area (Å²) in [6.45, 7) is 3.70. The van der Waals surface area contributed by atoms with Crippen LogP contribution in [-0.2, 0) is 4.74 Å². The molecule has 0 spiro atoms. The Morgan fingerprint density at radius 3 is 3.00 bits per heavy atom. The van der Waals surface area contributed by atoms with Crippen LogP contribution in [0.3, 0.4) is 0 Å². The highest BCUT2D eigenvalue weighted by Gasteiger charge is 2.16. The number of rotatable bonds is 6. The SMILES string of the molecule is CC[C@H](N)c1ccccc1OCCC1CCCO1. The van der Waals surface area contributed by atoms with Crippen LogP contribution < -0.4 is 10.5 Å². The zero-order valence-electron chi connectivity index (χ0n) is 11.1. The van der Waals surface area contributed by atoms with Crippen LogP contribution in [0.2, 0.25) is 0 Å². The lowest BCUT2D eigenvalue weighted by Crippen LogP contribution is -2.14. The molecule has 0 saturated carbocycles. The van der Waals surface area contributed by atoms with Gasteiger partial charge in [0.05, 0.1) is 12.7 Å². The summed E-state index contributed by atoms with van der Waals surface area (Å²) in [7, 11) is 0. The number of ether oxygens (including phenoxy) is 2. The smallest absolute Gasteiger partial charge is 0.124 e. The first-order valence-corrected chi connectivity index (χ1v) is 6.90. The molecule has 2 rings (SSSR count). The van der Waals surface area contributed by atoms with Gasteiger partial charge in [-0.1, -0.05) is 25.1 Å². The third-order valence-corrected chi connectivity index (χ3v) is 3.48. The van der Waals surface area contributed by atoms with E-state index in [0.29, 0.717) is 12.7 Å². The van der Waals surface area contributed by atoms with Gasteiger partial charge in [0.15, 0.2) is 0 Å². The molecule has 100 valence electrons. The molecule has 3 nitrogen and oxygen atoms in total. The number of benzene rings is 1. The summed E-state index contributed by atoms with van der Waals surface area (Å²) in [6, 6.07) is 8.12. The van der Waals surface area contributed by atoms with Gasteiger partial charge in [-0.15, -0.1) is 0 Å². The summed E-state index contributed by atoms with van der Waals surface area (Å²) >= 11 is 0. The molecular weight excluding hydrogens is 226 g/mol. The number of hydrogen-bond acceptors (Lipinski definition) is 3. The van der Waals surface area contributed by atoms with E-state index in [4.69, 9.17) is 15.2 Å². The van der Waals surface area contributed by atoms with Gasteiger partial charge in [-0.25, -0.2) is 0 Å². The highest BCUT2D eigenvalue weighted by atomic mass is 16.5. The Hall–Kier alpha value is -1.06. The molecular formula is C15H23NO2. The van der Waals surface area contributed by atoms with Crippen LogP contribution in [0.15, 0.2) is 24.3 Å². The van der Waals surface area contributed by atoms with Crippen molar-refractivity contribution in [3.8, 4) is 5.75 Å². The average molecular weight is 249 g/mol. The van der Waals surface area contributed by atoms with Crippen molar-refractivity contribution in [1.82, 2.24) is 0 Å². The molecule has 0 aliphatic carbocycles. The Morgan fingerprint density at radius 2 is 2.28 bits per heavy atom. The molecule has 0 bridgehead atoms. The van der Waals surface area contributed by atoms with Gasteiger partial charge in [-0.2, -0.15) is 0 Å². The number of para-hydroxylation sites is 1. The minimum atomic E-state index is 0.0592. The third kappa shape index (κ3) is 3.47. The highest BCUT2D eigenvalue weighted by Crippen LogP contribution is 2.26. The molecule has 3 heteroatoms. The van der Waals surface area contributed by atoms with Crippen LogP contribution in [0.1, 0.15) is 44.2 Å². The van der Waals surface area contributed by atoms with Crippen molar-refractivity contribution in [1.29, 1.82) is 0 Å². The van der Waals surface area contributed by atoms with Gasteiger partial charge in [-0.05, 0) is 25.3 Å². The highest BCUT2D eigenvalue weighted by molar-refractivity contribution is 5.35.